The molecule has 0 bridgehead atoms. The predicted octanol–water partition coefficient (Wildman–Crippen LogP) is 6.33. The Bertz CT molecular complexity index is 626. The predicted molar refractivity (Wildman–Crippen MR) is 122 cm³/mol. The number of hydrogen-bond acceptors (Lipinski definition) is 2. The molecule has 0 amide bonds. The van der Waals surface area contributed by atoms with E-state index in [-0.39, 0.29) is 12.1 Å². The van der Waals surface area contributed by atoms with Crippen LogP contribution in [0.15, 0.2) is 11.6 Å². The first-order valence-corrected chi connectivity index (χ1v) is 12.8. The highest BCUT2D eigenvalue weighted by atomic mass is 16.3. The number of aliphatic hydroxyl groups excluding tert-OH is 1. The fourth-order valence-electron chi connectivity index (χ4n) is 8.74. The number of fused-ring (bicyclic) bond motifs is 5. The highest BCUT2D eigenvalue weighted by Gasteiger charge is 2.60. The van der Waals surface area contributed by atoms with Gasteiger partial charge in [0.1, 0.15) is 0 Å². The van der Waals surface area contributed by atoms with Gasteiger partial charge in [0.05, 0.1) is 6.10 Å². The van der Waals surface area contributed by atoms with Crippen LogP contribution < -0.4 is 5.73 Å². The average Bonchev–Trinajstić information content (AvgIpc) is 3.00. The van der Waals surface area contributed by atoms with Crippen LogP contribution in [0.25, 0.3) is 0 Å². The summed E-state index contributed by atoms with van der Waals surface area (Å²) in [6, 6.07) is 0.202. The van der Waals surface area contributed by atoms with E-state index in [0.29, 0.717) is 16.7 Å². The molecular weight excluding hydrogens is 354 g/mol. The third kappa shape index (κ3) is 3.65. The number of rotatable bonds is 5. The van der Waals surface area contributed by atoms with Crippen LogP contribution in [0.1, 0.15) is 98.8 Å². The van der Waals surface area contributed by atoms with Gasteiger partial charge in [-0.2, -0.15) is 0 Å². The lowest BCUT2D eigenvalue weighted by Crippen LogP contribution is -2.56. The molecule has 0 saturated heterocycles. The monoisotopic (exact) mass is 401 g/mol. The normalized spacial score (nSPS) is 47.9. The van der Waals surface area contributed by atoms with Crippen LogP contribution in [0.5, 0.6) is 0 Å². The molecule has 4 aliphatic rings. The van der Waals surface area contributed by atoms with Crippen LogP contribution in [0, 0.1) is 46.3 Å². The summed E-state index contributed by atoms with van der Waals surface area (Å²) in [4.78, 5) is 0. The Morgan fingerprint density at radius 3 is 2.52 bits per heavy atom. The molecule has 0 unspecified atom stereocenters. The maximum Gasteiger partial charge on any atom is 0.0577 e. The molecule has 2 heteroatoms. The van der Waals surface area contributed by atoms with E-state index in [1.54, 1.807) is 0 Å². The molecule has 3 saturated carbocycles. The second-order valence-electron chi connectivity index (χ2n) is 12.4. The van der Waals surface area contributed by atoms with E-state index in [0.717, 1.165) is 48.9 Å². The molecule has 4 rings (SSSR count). The van der Waals surface area contributed by atoms with Gasteiger partial charge in [0, 0.05) is 6.04 Å². The van der Waals surface area contributed by atoms with Crippen molar-refractivity contribution in [1.29, 1.82) is 0 Å². The fourth-order valence-corrected chi connectivity index (χ4v) is 8.74. The SMILES string of the molecule is CC(C)CCC[C@H](C)[C@@H]1CC[C@@H]2[C@H]3[C@H](N)C=C4C[C@@H](O)CC[C@]4(C)[C@@H]3CC[C@]21C. The molecule has 29 heavy (non-hydrogen) atoms. The van der Waals surface area contributed by atoms with Crippen LogP contribution >= 0.6 is 0 Å². The molecule has 0 aromatic rings. The molecule has 4 aliphatic carbocycles. The van der Waals surface area contributed by atoms with E-state index in [9.17, 15) is 5.11 Å². The van der Waals surface area contributed by atoms with Gasteiger partial charge in [0.2, 0.25) is 0 Å². The van der Waals surface area contributed by atoms with Crippen LogP contribution in [-0.2, 0) is 0 Å². The Morgan fingerprint density at radius 1 is 1.03 bits per heavy atom. The zero-order valence-corrected chi connectivity index (χ0v) is 19.8. The Balaban J connectivity index is 1.54. The lowest BCUT2D eigenvalue weighted by Gasteiger charge is -2.60. The molecule has 0 aliphatic heterocycles. The fraction of sp³-hybridized carbons (Fsp3) is 0.926. The Morgan fingerprint density at radius 2 is 1.79 bits per heavy atom. The molecule has 3 fully saturated rings. The van der Waals surface area contributed by atoms with Crippen molar-refractivity contribution < 1.29 is 5.11 Å². The summed E-state index contributed by atoms with van der Waals surface area (Å²) in [5.74, 6) is 4.77. The molecule has 166 valence electrons. The van der Waals surface area contributed by atoms with Gasteiger partial charge >= 0.3 is 0 Å². The Kier molecular flexibility index (Phi) is 6.01. The Hall–Kier alpha value is -0.340. The topological polar surface area (TPSA) is 46.2 Å². The molecule has 3 N–H and O–H groups in total. The van der Waals surface area contributed by atoms with Crippen LogP contribution in [0.2, 0.25) is 0 Å². The summed E-state index contributed by atoms with van der Waals surface area (Å²) in [6.45, 7) is 12.4. The van der Waals surface area contributed by atoms with Crippen molar-refractivity contribution in [2.24, 2.45) is 52.1 Å². The third-order valence-corrected chi connectivity index (χ3v) is 10.4. The van der Waals surface area contributed by atoms with Gasteiger partial charge in [0.25, 0.3) is 0 Å². The van der Waals surface area contributed by atoms with E-state index < -0.39 is 0 Å². The smallest absolute Gasteiger partial charge is 0.0577 e. The highest BCUT2D eigenvalue weighted by Crippen LogP contribution is 2.67. The van der Waals surface area contributed by atoms with Crippen LogP contribution in [-0.4, -0.2) is 17.3 Å². The minimum Gasteiger partial charge on any atom is -0.393 e. The van der Waals surface area contributed by atoms with Crippen LogP contribution in [0.4, 0.5) is 0 Å². The molecule has 0 aromatic heterocycles. The molecular formula is C27H47NO. The second kappa shape index (κ2) is 7.97. The summed E-state index contributed by atoms with van der Waals surface area (Å²) < 4.78 is 0. The van der Waals surface area contributed by atoms with Gasteiger partial charge in [-0.25, -0.2) is 0 Å². The molecule has 0 spiro atoms. The van der Waals surface area contributed by atoms with E-state index in [2.05, 4.69) is 40.7 Å². The molecule has 0 heterocycles. The molecule has 9 atom stereocenters. The van der Waals surface area contributed by atoms with Crippen molar-refractivity contribution in [1.82, 2.24) is 0 Å². The summed E-state index contributed by atoms with van der Waals surface area (Å²) in [6.07, 6.45) is 15.0. The zero-order valence-electron chi connectivity index (χ0n) is 19.8. The highest BCUT2D eigenvalue weighted by molar-refractivity contribution is 5.28. The molecule has 2 nitrogen and oxygen atoms in total. The van der Waals surface area contributed by atoms with Gasteiger partial charge in [0.15, 0.2) is 0 Å². The van der Waals surface area contributed by atoms with E-state index >= 15 is 0 Å². The van der Waals surface area contributed by atoms with Gasteiger partial charge < -0.3 is 10.8 Å². The largest absolute Gasteiger partial charge is 0.393 e. The molecule has 0 aromatic carbocycles. The van der Waals surface area contributed by atoms with Crippen molar-refractivity contribution in [2.45, 2.75) is 111 Å². The maximum absolute atomic E-state index is 10.3. The quantitative estimate of drug-likeness (QED) is 0.529. The second-order valence-corrected chi connectivity index (χ2v) is 12.4. The Labute approximate surface area is 180 Å². The standard InChI is InChI=1S/C27H47NO/c1-17(2)7-6-8-18(3)21-9-10-22-25-23(12-14-27(21,22)5)26(4)13-11-20(29)15-19(26)16-24(25)28/h16-18,20-25,29H,6-15,28H2,1-5H3/t18-,20-,21-,22+,23+,24+,25+,26-,27-/m0/s1. The first kappa shape index (κ1) is 21.9. The van der Waals surface area contributed by atoms with Crippen LogP contribution in [0.3, 0.4) is 0 Å². The summed E-state index contributed by atoms with van der Waals surface area (Å²) >= 11 is 0. The number of aliphatic hydroxyl groups is 1. The zero-order chi connectivity index (χ0) is 21.0. The molecule has 0 radical (unpaired) electrons. The first-order chi connectivity index (χ1) is 13.7. The van der Waals surface area contributed by atoms with Gasteiger partial charge in [-0.3, -0.25) is 0 Å². The number of nitrogens with two attached hydrogens (primary N) is 1. The van der Waals surface area contributed by atoms with E-state index in [1.165, 1.54) is 50.5 Å². The third-order valence-electron chi connectivity index (χ3n) is 10.4. The van der Waals surface area contributed by atoms with E-state index in [1.807, 2.05) is 0 Å². The lowest BCUT2D eigenvalue weighted by atomic mass is 9.46. The summed E-state index contributed by atoms with van der Waals surface area (Å²) in [5.41, 5.74) is 9.17. The summed E-state index contributed by atoms with van der Waals surface area (Å²) in [5, 5.41) is 10.3. The minimum absolute atomic E-state index is 0.144. The van der Waals surface area contributed by atoms with Gasteiger partial charge in [-0.05, 0) is 91.3 Å². The van der Waals surface area contributed by atoms with Gasteiger partial charge in [-0.15, -0.1) is 0 Å². The number of hydrogen-bond donors (Lipinski definition) is 2. The van der Waals surface area contributed by atoms with Crippen molar-refractivity contribution in [3.05, 3.63) is 11.6 Å². The van der Waals surface area contributed by atoms with Crippen molar-refractivity contribution >= 4 is 0 Å². The summed E-state index contributed by atoms with van der Waals surface area (Å²) in [7, 11) is 0. The lowest BCUT2D eigenvalue weighted by molar-refractivity contribution is -0.0632. The average molecular weight is 402 g/mol. The maximum atomic E-state index is 10.3. The van der Waals surface area contributed by atoms with E-state index in [4.69, 9.17) is 5.73 Å². The van der Waals surface area contributed by atoms with Crippen molar-refractivity contribution in [2.75, 3.05) is 0 Å². The van der Waals surface area contributed by atoms with Crippen molar-refractivity contribution in [3.63, 3.8) is 0 Å². The minimum atomic E-state index is -0.144. The van der Waals surface area contributed by atoms with Crippen molar-refractivity contribution in [3.8, 4) is 0 Å². The van der Waals surface area contributed by atoms with Gasteiger partial charge in [-0.1, -0.05) is 65.5 Å². The first-order valence-electron chi connectivity index (χ1n) is 12.8.